The van der Waals surface area contributed by atoms with E-state index in [0.717, 1.165) is 63.0 Å². The predicted octanol–water partition coefficient (Wildman–Crippen LogP) is 2.75. The van der Waals surface area contributed by atoms with Gasteiger partial charge in [0, 0.05) is 37.8 Å². The fraction of sp³-hybridized carbons (Fsp3) is 0.550. The summed E-state index contributed by atoms with van der Waals surface area (Å²) in [5.74, 6) is 4.30. The Hall–Kier alpha value is -1.57. The molecule has 1 aromatic carbocycles. The maximum Gasteiger partial charge on any atom is 0.232 e. The molecule has 2 aliphatic heterocycles. The number of carbonyl (C=O) groups is 1. The highest BCUT2D eigenvalue weighted by atomic mass is 35.5. The van der Waals surface area contributed by atoms with Crippen molar-refractivity contribution < 1.29 is 4.79 Å². The Morgan fingerprint density at radius 3 is 2.68 bits per heavy atom. The van der Waals surface area contributed by atoms with E-state index in [2.05, 4.69) is 51.3 Å². The minimum atomic E-state index is 0. The molecule has 1 aromatic heterocycles. The second kappa shape index (κ2) is 9.76. The Bertz CT molecular complexity index is 786. The quantitative estimate of drug-likeness (QED) is 0.804. The number of aryl methyl sites for hydroxylation is 1. The molecule has 1 fully saturated rings. The smallest absolute Gasteiger partial charge is 0.232 e. The van der Waals surface area contributed by atoms with Crippen LogP contribution in [0.4, 0.5) is 0 Å². The largest absolute Gasteiger partial charge is 0.342 e. The van der Waals surface area contributed by atoms with Gasteiger partial charge in [-0.1, -0.05) is 29.8 Å². The van der Waals surface area contributed by atoms with Crippen molar-refractivity contribution in [2.45, 2.75) is 44.5 Å². The van der Waals surface area contributed by atoms with Crippen LogP contribution in [0.3, 0.4) is 0 Å². The lowest BCUT2D eigenvalue weighted by atomic mass is 9.95. The molecule has 6 nitrogen and oxygen atoms in total. The first kappa shape index (κ1) is 21.1. The number of aromatic nitrogens is 3. The van der Waals surface area contributed by atoms with Crippen LogP contribution in [0.15, 0.2) is 24.3 Å². The highest BCUT2D eigenvalue weighted by molar-refractivity contribution is 7.99. The summed E-state index contributed by atoms with van der Waals surface area (Å²) in [5, 5.41) is 12.1. The number of piperidine rings is 1. The highest BCUT2D eigenvalue weighted by Crippen LogP contribution is 2.28. The summed E-state index contributed by atoms with van der Waals surface area (Å²) >= 11 is 1.71. The highest BCUT2D eigenvalue weighted by Gasteiger charge is 2.28. The Morgan fingerprint density at radius 1 is 1.18 bits per heavy atom. The monoisotopic (exact) mass is 421 g/mol. The number of nitrogens with zero attached hydrogens (tertiary/aromatic N) is 4. The van der Waals surface area contributed by atoms with Crippen LogP contribution in [0.2, 0.25) is 0 Å². The number of rotatable bonds is 5. The molecule has 8 heteroatoms. The van der Waals surface area contributed by atoms with Crippen LogP contribution in [-0.2, 0) is 23.6 Å². The maximum atomic E-state index is 12.5. The van der Waals surface area contributed by atoms with E-state index in [9.17, 15) is 4.79 Å². The van der Waals surface area contributed by atoms with E-state index in [1.165, 1.54) is 11.1 Å². The zero-order valence-electron chi connectivity index (χ0n) is 16.3. The van der Waals surface area contributed by atoms with Crippen LogP contribution < -0.4 is 5.32 Å². The van der Waals surface area contributed by atoms with Crippen LogP contribution >= 0.6 is 24.2 Å². The number of likely N-dealkylation sites (tertiary alicyclic amines) is 1. The number of amides is 1. The van der Waals surface area contributed by atoms with Gasteiger partial charge in [0.2, 0.25) is 5.91 Å². The van der Waals surface area contributed by atoms with E-state index in [-0.39, 0.29) is 18.3 Å². The molecule has 28 heavy (non-hydrogen) atoms. The number of nitrogens with one attached hydrogen (secondary N) is 1. The molecule has 2 aromatic rings. The predicted molar refractivity (Wildman–Crippen MR) is 115 cm³/mol. The van der Waals surface area contributed by atoms with E-state index in [0.29, 0.717) is 11.7 Å². The van der Waals surface area contributed by atoms with Gasteiger partial charge in [-0.15, -0.1) is 34.4 Å². The first-order valence-corrected chi connectivity index (χ1v) is 10.9. The SMILES string of the molecule is Cc1ccc(CSCC(=O)N2CCC(c3nnc4n3CCNC4)CC2)cc1.Cl. The average Bonchev–Trinajstić information content (AvgIpc) is 3.14. The standard InChI is InChI=1S/C20H27N5OS.ClH/c1-15-2-4-16(5-3-15)13-27-14-19(26)24-9-6-17(7-10-24)20-23-22-18-12-21-8-11-25(18)20;/h2-5,17,21H,6-14H2,1H3;1H. The number of hydrogen-bond acceptors (Lipinski definition) is 5. The van der Waals surface area contributed by atoms with Gasteiger partial charge < -0.3 is 14.8 Å². The normalized spacial score (nSPS) is 17.1. The Labute approximate surface area is 176 Å². The van der Waals surface area contributed by atoms with Crippen LogP contribution in [0.1, 0.15) is 41.5 Å². The van der Waals surface area contributed by atoms with Gasteiger partial charge in [0.25, 0.3) is 0 Å². The fourth-order valence-electron chi connectivity index (χ4n) is 3.84. The summed E-state index contributed by atoms with van der Waals surface area (Å²) in [6, 6.07) is 8.55. The minimum absolute atomic E-state index is 0. The topological polar surface area (TPSA) is 63.1 Å². The number of hydrogen-bond donors (Lipinski definition) is 1. The molecule has 1 amide bonds. The van der Waals surface area contributed by atoms with Crippen molar-refractivity contribution in [3.8, 4) is 0 Å². The lowest BCUT2D eigenvalue weighted by Crippen LogP contribution is -2.39. The molecule has 0 atom stereocenters. The van der Waals surface area contributed by atoms with Crippen LogP contribution in [0.5, 0.6) is 0 Å². The van der Waals surface area contributed by atoms with Crippen molar-refractivity contribution in [1.82, 2.24) is 25.0 Å². The van der Waals surface area contributed by atoms with Gasteiger partial charge in [0.15, 0.2) is 0 Å². The third kappa shape index (κ3) is 4.88. The maximum absolute atomic E-state index is 12.5. The average molecular weight is 422 g/mol. The van der Waals surface area contributed by atoms with Crippen molar-refractivity contribution in [3.05, 3.63) is 47.0 Å². The van der Waals surface area contributed by atoms with Gasteiger partial charge in [0.05, 0.1) is 12.3 Å². The second-order valence-corrected chi connectivity index (χ2v) is 8.42. The molecule has 2 aliphatic rings. The van der Waals surface area contributed by atoms with Gasteiger partial charge >= 0.3 is 0 Å². The summed E-state index contributed by atoms with van der Waals surface area (Å²) < 4.78 is 2.27. The lowest BCUT2D eigenvalue weighted by Gasteiger charge is -2.32. The lowest BCUT2D eigenvalue weighted by molar-refractivity contribution is -0.129. The third-order valence-electron chi connectivity index (χ3n) is 5.48. The van der Waals surface area contributed by atoms with E-state index in [1.54, 1.807) is 11.8 Å². The van der Waals surface area contributed by atoms with Crippen LogP contribution in [0.25, 0.3) is 0 Å². The van der Waals surface area contributed by atoms with Gasteiger partial charge in [-0.2, -0.15) is 0 Å². The molecular weight excluding hydrogens is 394 g/mol. The molecule has 0 spiro atoms. The summed E-state index contributed by atoms with van der Waals surface area (Å²) in [4.78, 5) is 14.6. The zero-order chi connectivity index (χ0) is 18.6. The summed E-state index contributed by atoms with van der Waals surface area (Å²) in [5.41, 5.74) is 2.55. The molecule has 3 heterocycles. The first-order chi connectivity index (χ1) is 13.2. The molecule has 0 aliphatic carbocycles. The molecule has 0 bridgehead atoms. The van der Waals surface area contributed by atoms with Crippen molar-refractivity contribution in [3.63, 3.8) is 0 Å². The Balaban J connectivity index is 0.00000225. The van der Waals surface area contributed by atoms with E-state index < -0.39 is 0 Å². The number of halogens is 1. The second-order valence-electron chi connectivity index (χ2n) is 7.44. The van der Waals surface area contributed by atoms with E-state index in [4.69, 9.17) is 0 Å². The number of benzene rings is 1. The third-order valence-corrected chi connectivity index (χ3v) is 6.47. The van der Waals surface area contributed by atoms with E-state index >= 15 is 0 Å². The molecular formula is C20H28ClN5OS. The number of thioether (sulfide) groups is 1. The van der Waals surface area contributed by atoms with Gasteiger partial charge in [-0.3, -0.25) is 4.79 Å². The van der Waals surface area contributed by atoms with Crippen molar-refractivity contribution in [2.24, 2.45) is 0 Å². The number of fused-ring (bicyclic) bond motifs is 1. The van der Waals surface area contributed by atoms with Crippen molar-refractivity contribution in [2.75, 3.05) is 25.4 Å². The summed E-state index contributed by atoms with van der Waals surface area (Å²) in [7, 11) is 0. The first-order valence-electron chi connectivity index (χ1n) is 9.74. The summed E-state index contributed by atoms with van der Waals surface area (Å²) in [6.07, 6.45) is 1.97. The molecule has 1 saturated heterocycles. The molecule has 0 unspecified atom stereocenters. The summed E-state index contributed by atoms with van der Waals surface area (Å²) in [6.45, 7) is 6.49. The Kier molecular flexibility index (Phi) is 7.37. The van der Waals surface area contributed by atoms with Gasteiger partial charge in [-0.25, -0.2) is 0 Å². The molecule has 152 valence electrons. The van der Waals surface area contributed by atoms with Crippen LogP contribution in [0, 0.1) is 6.92 Å². The molecule has 4 rings (SSSR count). The van der Waals surface area contributed by atoms with Crippen molar-refractivity contribution in [1.29, 1.82) is 0 Å². The fourth-order valence-corrected chi connectivity index (χ4v) is 4.72. The number of carbonyl (C=O) groups excluding carboxylic acids is 1. The van der Waals surface area contributed by atoms with Crippen molar-refractivity contribution >= 4 is 30.1 Å². The molecule has 0 saturated carbocycles. The molecule has 0 radical (unpaired) electrons. The minimum Gasteiger partial charge on any atom is -0.342 e. The molecule has 1 N–H and O–H groups in total. The van der Waals surface area contributed by atoms with E-state index in [1.807, 2.05) is 4.90 Å². The van der Waals surface area contributed by atoms with Crippen LogP contribution in [-0.4, -0.2) is 51.0 Å². The Morgan fingerprint density at radius 2 is 1.93 bits per heavy atom. The van der Waals surface area contributed by atoms with Gasteiger partial charge in [-0.05, 0) is 25.3 Å². The van der Waals surface area contributed by atoms with Gasteiger partial charge in [0.1, 0.15) is 11.6 Å². The zero-order valence-corrected chi connectivity index (χ0v) is 17.9.